The zero-order valence-electron chi connectivity index (χ0n) is 27.3. The summed E-state index contributed by atoms with van der Waals surface area (Å²) in [6.45, 7) is 22.7. The van der Waals surface area contributed by atoms with Crippen LogP contribution >= 0.6 is 0 Å². The Hall–Kier alpha value is -2.86. The molecule has 0 amide bonds. The van der Waals surface area contributed by atoms with Gasteiger partial charge in [0, 0.05) is 0 Å². The summed E-state index contributed by atoms with van der Waals surface area (Å²) >= 11 is 0. The quantitative estimate of drug-likeness (QED) is 0.244. The topological polar surface area (TPSA) is 0 Å². The molecule has 0 spiro atoms. The lowest BCUT2D eigenvalue weighted by atomic mass is 9.72. The molecule has 0 aromatic heterocycles. The molecule has 0 aromatic carbocycles. The Morgan fingerprint density at radius 3 is 1.18 bits per heavy atom. The minimum atomic E-state index is 0.291. The number of allylic oxidation sites excluding steroid dienone is 22. The molecule has 2 rings (SSSR count). The smallest absolute Gasteiger partial charge is 0.0104 e. The molecule has 0 nitrogen and oxygen atoms in total. The molecule has 0 unspecified atom stereocenters. The van der Waals surface area contributed by atoms with Gasteiger partial charge in [0.25, 0.3) is 0 Å². The van der Waals surface area contributed by atoms with Crippen LogP contribution in [0.2, 0.25) is 0 Å². The molecule has 216 valence electrons. The van der Waals surface area contributed by atoms with Crippen LogP contribution in [0.4, 0.5) is 0 Å². The molecular formula is C40H56. The van der Waals surface area contributed by atoms with E-state index in [1.807, 2.05) is 0 Å². The normalized spacial score (nSPS) is 21.9. The molecule has 0 atom stereocenters. The summed E-state index contributed by atoms with van der Waals surface area (Å²) in [6, 6.07) is 0. The highest BCUT2D eigenvalue weighted by Crippen LogP contribution is 2.41. The van der Waals surface area contributed by atoms with E-state index in [0.717, 1.165) is 0 Å². The van der Waals surface area contributed by atoms with Crippen LogP contribution in [0.25, 0.3) is 0 Å². The summed E-state index contributed by atoms with van der Waals surface area (Å²) in [5.41, 5.74) is 11.7. The van der Waals surface area contributed by atoms with Crippen molar-refractivity contribution in [3.8, 4) is 0 Å². The number of hydrogen-bond donors (Lipinski definition) is 0. The Morgan fingerprint density at radius 2 is 0.825 bits per heavy atom. The second-order valence-corrected chi connectivity index (χ2v) is 13.3. The monoisotopic (exact) mass is 536 g/mol. The summed E-state index contributed by atoms with van der Waals surface area (Å²) in [5, 5.41) is 0. The van der Waals surface area contributed by atoms with Crippen LogP contribution in [0.3, 0.4) is 0 Å². The minimum absolute atomic E-state index is 0.291. The van der Waals surface area contributed by atoms with E-state index < -0.39 is 0 Å². The molecule has 0 aromatic rings. The Bertz CT molecular complexity index is 1120. The maximum absolute atomic E-state index is 2.37. The standard InChI is InChI=1S/C40H56/c1-31(19-13-21-33(3)25-27-37-35(5)23-15-29-39(37,7)8)17-11-12-18-32(2)20-14-22-34(4)26-28-38-36(6)24-16-30-40(38,9)10/h11-14,17-22,25-28H,15-16,23-24,29-30H2,1-10H3/b12-11+,19-13+,20-14+,27-25+,28-26+,31-17-,32-18+,33-21+,34-22-. The third-order valence-corrected chi connectivity index (χ3v) is 8.38. The maximum atomic E-state index is 2.37. The van der Waals surface area contributed by atoms with Gasteiger partial charge in [-0.25, -0.2) is 0 Å². The van der Waals surface area contributed by atoms with Crippen molar-refractivity contribution in [1.82, 2.24) is 0 Å². The molecule has 0 saturated carbocycles. The van der Waals surface area contributed by atoms with Gasteiger partial charge in [0.1, 0.15) is 0 Å². The third-order valence-electron chi connectivity index (χ3n) is 8.38. The zero-order chi connectivity index (χ0) is 29.8. The van der Waals surface area contributed by atoms with Gasteiger partial charge >= 0.3 is 0 Å². The molecule has 0 radical (unpaired) electrons. The predicted octanol–water partition coefficient (Wildman–Crippen LogP) is 12.6. The van der Waals surface area contributed by atoms with E-state index in [0.29, 0.717) is 10.8 Å². The van der Waals surface area contributed by atoms with Crippen molar-refractivity contribution in [1.29, 1.82) is 0 Å². The molecular weight excluding hydrogens is 480 g/mol. The summed E-state index contributed by atoms with van der Waals surface area (Å²) in [4.78, 5) is 0. The van der Waals surface area contributed by atoms with Crippen molar-refractivity contribution in [3.05, 3.63) is 130 Å². The first-order chi connectivity index (χ1) is 18.8. The van der Waals surface area contributed by atoms with Gasteiger partial charge in [-0.2, -0.15) is 0 Å². The van der Waals surface area contributed by atoms with E-state index in [1.165, 1.54) is 72.0 Å². The lowest BCUT2D eigenvalue weighted by molar-refractivity contribution is 0.376. The Labute approximate surface area is 247 Å². The molecule has 0 fully saturated rings. The largest absolute Gasteiger partial charge is 0.0696 e. The molecule has 0 aliphatic heterocycles. The first-order valence-corrected chi connectivity index (χ1v) is 15.3. The van der Waals surface area contributed by atoms with E-state index in [9.17, 15) is 0 Å². The lowest BCUT2D eigenvalue weighted by Gasteiger charge is -2.33. The van der Waals surface area contributed by atoms with Crippen molar-refractivity contribution in [2.75, 3.05) is 0 Å². The van der Waals surface area contributed by atoms with E-state index >= 15 is 0 Å². The highest BCUT2D eigenvalue weighted by atomic mass is 14.3. The molecule has 0 saturated heterocycles. The minimum Gasteiger partial charge on any atom is -0.0696 e. The molecule has 0 heteroatoms. The average molecular weight is 537 g/mol. The lowest BCUT2D eigenvalue weighted by Crippen LogP contribution is -2.19. The van der Waals surface area contributed by atoms with Gasteiger partial charge in [-0.15, -0.1) is 0 Å². The third kappa shape index (κ3) is 11.3. The summed E-state index contributed by atoms with van der Waals surface area (Å²) in [5.74, 6) is 0. The summed E-state index contributed by atoms with van der Waals surface area (Å²) in [7, 11) is 0. The van der Waals surface area contributed by atoms with Crippen LogP contribution < -0.4 is 0 Å². The van der Waals surface area contributed by atoms with Crippen LogP contribution in [0, 0.1) is 10.8 Å². The van der Waals surface area contributed by atoms with Crippen LogP contribution in [0.15, 0.2) is 130 Å². The maximum Gasteiger partial charge on any atom is -0.0104 e. The first kappa shape index (κ1) is 33.3. The van der Waals surface area contributed by atoms with Gasteiger partial charge in [-0.3, -0.25) is 0 Å². The van der Waals surface area contributed by atoms with Crippen LogP contribution in [-0.2, 0) is 0 Å². The van der Waals surface area contributed by atoms with Crippen LogP contribution in [-0.4, -0.2) is 0 Å². The Balaban J connectivity index is 1.89. The van der Waals surface area contributed by atoms with Gasteiger partial charge in [-0.05, 0) is 102 Å². The molecule has 40 heavy (non-hydrogen) atoms. The Morgan fingerprint density at radius 1 is 0.500 bits per heavy atom. The van der Waals surface area contributed by atoms with E-state index in [2.05, 4.69) is 154 Å². The van der Waals surface area contributed by atoms with Crippen molar-refractivity contribution >= 4 is 0 Å². The fraction of sp³-hybridized carbons (Fsp3) is 0.450. The van der Waals surface area contributed by atoms with Gasteiger partial charge in [0.05, 0.1) is 0 Å². The van der Waals surface area contributed by atoms with Gasteiger partial charge < -0.3 is 0 Å². The first-order valence-electron chi connectivity index (χ1n) is 15.3. The van der Waals surface area contributed by atoms with E-state index in [4.69, 9.17) is 0 Å². The summed E-state index contributed by atoms with van der Waals surface area (Å²) in [6.07, 6.45) is 38.4. The van der Waals surface area contributed by atoms with Crippen molar-refractivity contribution in [2.45, 2.75) is 108 Å². The second-order valence-electron chi connectivity index (χ2n) is 13.3. The van der Waals surface area contributed by atoms with Crippen LogP contribution in [0.1, 0.15) is 108 Å². The second kappa shape index (κ2) is 15.8. The van der Waals surface area contributed by atoms with Crippen molar-refractivity contribution in [3.63, 3.8) is 0 Å². The molecule has 2 aliphatic carbocycles. The highest BCUT2D eigenvalue weighted by Gasteiger charge is 2.27. The summed E-state index contributed by atoms with van der Waals surface area (Å²) < 4.78 is 0. The van der Waals surface area contributed by atoms with Gasteiger partial charge in [-0.1, -0.05) is 146 Å². The van der Waals surface area contributed by atoms with Gasteiger partial charge in [0.2, 0.25) is 0 Å². The molecule has 0 heterocycles. The fourth-order valence-corrected chi connectivity index (χ4v) is 5.79. The van der Waals surface area contributed by atoms with Crippen molar-refractivity contribution < 1.29 is 0 Å². The van der Waals surface area contributed by atoms with Crippen molar-refractivity contribution in [2.24, 2.45) is 10.8 Å². The Kier molecular flexibility index (Phi) is 13.2. The predicted molar refractivity (Wildman–Crippen MR) is 181 cm³/mol. The number of hydrogen-bond acceptors (Lipinski definition) is 0. The SMILES string of the molecule is CC1=C(/C=C/C(C)=C\C=C\C(C)=C\C=C\C=C(C)/C=C/C=C(C)/C=C/C2=C(C)CCCC2(C)C)C(C)(C)CCC1. The highest BCUT2D eigenvalue weighted by molar-refractivity contribution is 5.39. The molecule has 0 bridgehead atoms. The zero-order valence-corrected chi connectivity index (χ0v) is 27.3. The van der Waals surface area contributed by atoms with E-state index in [-0.39, 0.29) is 0 Å². The van der Waals surface area contributed by atoms with E-state index in [1.54, 1.807) is 11.1 Å². The average Bonchev–Trinajstić information content (AvgIpc) is 2.85. The van der Waals surface area contributed by atoms with Crippen LogP contribution in [0.5, 0.6) is 0 Å². The molecule has 0 N–H and O–H groups in total. The molecule has 2 aliphatic rings. The fourth-order valence-electron chi connectivity index (χ4n) is 5.79. The number of rotatable bonds is 10. The van der Waals surface area contributed by atoms with Gasteiger partial charge in [0.15, 0.2) is 0 Å².